The van der Waals surface area contributed by atoms with Crippen LogP contribution in [-0.2, 0) is 4.79 Å². The summed E-state index contributed by atoms with van der Waals surface area (Å²) in [6, 6.07) is 3.27. The molecule has 0 aromatic heterocycles. The highest BCUT2D eigenvalue weighted by Gasteiger charge is 2.17. The largest absolute Gasteiger partial charge is 0.478 e. The van der Waals surface area contributed by atoms with Crippen molar-refractivity contribution in [1.82, 2.24) is 0 Å². The highest BCUT2D eigenvalue weighted by Crippen LogP contribution is 2.24. The van der Waals surface area contributed by atoms with E-state index in [0.29, 0.717) is 6.41 Å². The first-order chi connectivity index (χ1) is 7.47. The van der Waals surface area contributed by atoms with E-state index in [4.69, 9.17) is 5.11 Å². The molecule has 0 heterocycles. The van der Waals surface area contributed by atoms with E-state index in [0.717, 1.165) is 17.0 Å². The van der Waals surface area contributed by atoms with Crippen LogP contribution in [0, 0.1) is 10.1 Å². The molecule has 7 heteroatoms. The number of anilines is 1. The summed E-state index contributed by atoms with van der Waals surface area (Å²) in [5.41, 5.74) is -0.516. The van der Waals surface area contributed by atoms with Gasteiger partial charge in [0.05, 0.1) is 16.2 Å². The summed E-state index contributed by atoms with van der Waals surface area (Å²) in [5, 5.41) is 19.3. The Morgan fingerprint density at radius 1 is 1.56 bits per heavy atom. The van der Waals surface area contributed by atoms with Crippen LogP contribution in [0.25, 0.3) is 0 Å². The Morgan fingerprint density at radius 3 is 2.62 bits per heavy atom. The van der Waals surface area contributed by atoms with Gasteiger partial charge in [-0.25, -0.2) is 4.79 Å². The Kier molecular flexibility index (Phi) is 3.19. The Morgan fingerprint density at radius 2 is 2.19 bits per heavy atom. The number of rotatable bonds is 4. The number of hydrogen-bond acceptors (Lipinski definition) is 4. The molecule has 1 aromatic carbocycles. The molecule has 0 aliphatic carbocycles. The molecule has 1 rings (SSSR count). The topological polar surface area (TPSA) is 101 Å². The highest BCUT2D eigenvalue weighted by molar-refractivity contribution is 5.97. The summed E-state index contributed by atoms with van der Waals surface area (Å²) < 4.78 is 0. The van der Waals surface area contributed by atoms with Crippen LogP contribution in [0.2, 0.25) is 0 Å². The molecule has 84 valence electrons. The highest BCUT2D eigenvalue weighted by atomic mass is 16.6. The molecule has 0 unspecified atom stereocenters. The van der Waals surface area contributed by atoms with Gasteiger partial charge in [-0.1, -0.05) is 0 Å². The smallest absolute Gasteiger partial charge is 0.338 e. The van der Waals surface area contributed by atoms with E-state index in [2.05, 4.69) is 0 Å². The number of carboxylic acid groups (broad SMARTS) is 1. The molecule has 0 fully saturated rings. The summed E-state index contributed by atoms with van der Waals surface area (Å²) in [6.45, 7) is 0. The minimum Gasteiger partial charge on any atom is -0.478 e. The third-order valence-electron chi connectivity index (χ3n) is 1.96. The summed E-state index contributed by atoms with van der Waals surface area (Å²) in [7, 11) is 1.36. The number of carbonyl (C=O) groups excluding carboxylic acids is 1. The standard InChI is InChI=1S/C9H8N2O5/c1-10(5-12)8-3-2-6(11(15)16)4-7(8)9(13)14/h2-5H,1H3,(H,13,14). The Labute approximate surface area is 90.1 Å². The molecule has 1 N–H and O–H groups in total. The summed E-state index contributed by atoms with van der Waals surface area (Å²) in [4.78, 5) is 32.1. The SMILES string of the molecule is CN(C=O)c1ccc([N+](=O)[O-])cc1C(=O)O. The first kappa shape index (κ1) is 11.6. The number of carboxylic acids is 1. The lowest BCUT2D eigenvalue weighted by atomic mass is 10.1. The maximum atomic E-state index is 10.9. The van der Waals surface area contributed by atoms with Gasteiger partial charge in [-0.15, -0.1) is 0 Å². The molecule has 0 aliphatic heterocycles. The number of carbonyl (C=O) groups is 2. The van der Waals surface area contributed by atoms with Crippen molar-refractivity contribution in [2.45, 2.75) is 0 Å². The minimum atomic E-state index is -1.33. The van der Waals surface area contributed by atoms with Crippen LogP contribution in [0.5, 0.6) is 0 Å². The van der Waals surface area contributed by atoms with E-state index in [1.807, 2.05) is 0 Å². The number of nitrogens with zero attached hydrogens (tertiary/aromatic N) is 2. The van der Waals surface area contributed by atoms with Crippen LogP contribution >= 0.6 is 0 Å². The first-order valence-corrected chi connectivity index (χ1v) is 4.17. The first-order valence-electron chi connectivity index (χ1n) is 4.17. The quantitative estimate of drug-likeness (QED) is 0.464. The second-order valence-electron chi connectivity index (χ2n) is 2.98. The number of non-ortho nitro benzene ring substituents is 1. The monoisotopic (exact) mass is 224 g/mol. The molecule has 0 saturated heterocycles. The van der Waals surface area contributed by atoms with E-state index < -0.39 is 10.9 Å². The number of nitro groups is 1. The normalized spacial score (nSPS) is 9.56. The number of hydrogen-bond donors (Lipinski definition) is 1. The fraction of sp³-hybridized carbons (Fsp3) is 0.111. The van der Waals surface area contributed by atoms with Crippen LogP contribution in [0.1, 0.15) is 10.4 Å². The molecule has 16 heavy (non-hydrogen) atoms. The van der Waals surface area contributed by atoms with E-state index >= 15 is 0 Å². The van der Waals surface area contributed by atoms with Gasteiger partial charge in [0.25, 0.3) is 5.69 Å². The Bertz CT molecular complexity index is 457. The van der Waals surface area contributed by atoms with Gasteiger partial charge in [0.15, 0.2) is 0 Å². The molecule has 0 saturated carbocycles. The van der Waals surface area contributed by atoms with Gasteiger partial charge in [-0.2, -0.15) is 0 Å². The van der Waals surface area contributed by atoms with Crippen LogP contribution in [0.4, 0.5) is 11.4 Å². The summed E-state index contributed by atoms with van der Waals surface area (Å²) >= 11 is 0. The zero-order valence-electron chi connectivity index (χ0n) is 8.28. The van der Waals surface area contributed by atoms with E-state index in [9.17, 15) is 19.7 Å². The van der Waals surface area contributed by atoms with Crippen molar-refractivity contribution in [2.24, 2.45) is 0 Å². The van der Waals surface area contributed by atoms with Gasteiger partial charge in [-0.3, -0.25) is 14.9 Å². The molecule has 1 aromatic rings. The number of benzene rings is 1. The molecule has 1 amide bonds. The fourth-order valence-electron chi connectivity index (χ4n) is 1.17. The van der Waals surface area contributed by atoms with Gasteiger partial charge < -0.3 is 10.0 Å². The fourth-order valence-corrected chi connectivity index (χ4v) is 1.17. The lowest BCUT2D eigenvalue weighted by molar-refractivity contribution is -0.384. The van der Waals surface area contributed by atoms with Crippen molar-refractivity contribution in [2.75, 3.05) is 11.9 Å². The molecule has 0 radical (unpaired) electrons. The maximum absolute atomic E-state index is 10.9. The predicted molar refractivity (Wildman–Crippen MR) is 54.5 cm³/mol. The molecule has 0 aliphatic rings. The van der Waals surface area contributed by atoms with E-state index in [1.54, 1.807) is 0 Å². The Balaban J connectivity index is 3.35. The van der Waals surface area contributed by atoms with Crippen molar-refractivity contribution in [3.63, 3.8) is 0 Å². The van der Waals surface area contributed by atoms with Crippen LogP contribution in [0.15, 0.2) is 18.2 Å². The second kappa shape index (κ2) is 4.39. The molecule has 0 atom stereocenters. The maximum Gasteiger partial charge on any atom is 0.338 e. The number of nitro benzene ring substituents is 1. The third-order valence-corrected chi connectivity index (χ3v) is 1.96. The molecular formula is C9H8N2O5. The Hall–Kier alpha value is -2.44. The number of aromatic carboxylic acids is 1. The van der Waals surface area contributed by atoms with Crippen LogP contribution in [0.3, 0.4) is 0 Å². The third kappa shape index (κ3) is 2.14. The molecule has 0 bridgehead atoms. The summed E-state index contributed by atoms with van der Waals surface area (Å²) in [6.07, 6.45) is 0.424. The number of amides is 1. The van der Waals surface area contributed by atoms with Crippen LogP contribution < -0.4 is 4.90 Å². The van der Waals surface area contributed by atoms with Crippen molar-refractivity contribution >= 4 is 23.8 Å². The van der Waals surface area contributed by atoms with E-state index in [1.165, 1.54) is 13.1 Å². The van der Waals surface area contributed by atoms with Crippen molar-refractivity contribution in [3.05, 3.63) is 33.9 Å². The van der Waals surface area contributed by atoms with Gasteiger partial charge in [0.1, 0.15) is 0 Å². The van der Waals surface area contributed by atoms with Gasteiger partial charge in [-0.05, 0) is 6.07 Å². The molecule has 0 spiro atoms. The van der Waals surface area contributed by atoms with Crippen molar-refractivity contribution in [3.8, 4) is 0 Å². The minimum absolute atomic E-state index is 0.105. The van der Waals surface area contributed by atoms with Gasteiger partial charge in [0, 0.05) is 19.2 Å². The lowest BCUT2D eigenvalue weighted by Crippen LogP contribution is -2.17. The van der Waals surface area contributed by atoms with Crippen LogP contribution in [-0.4, -0.2) is 29.5 Å². The zero-order valence-corrected chi connectivity index (χ0v) is 8.28. The average molecular weight is 224 g/mol. The molecular weight excluding hydrogens is 216 g/mol. The van der Waals surface area contributed by atoms with E-state index in [-0.39, 0.29) is 16.9 Å². The van der Waals surface area contributed by atoms with Gasteiger partial charge in [0.2, 0.25) is 6.41 Å². The molecule has 7 nitrogen and oxygen atoms in total. The van der Waals surface area contributed by atoms with Crippen molar-refractivity contribution in [1.29, 1.82) is 0 Å². The lowest BCUT2D eigenvalue weighted by Gasteiger charge is -2.12. The summed E-state index contributed by atoms with van der Waals surface area (Å²) in [5.74, 6) is -1.33. The van der Waals surface area contributed by atoms with Crippen molar-refractivity contribution < 1.29 is 19.6 Å². The second-order valence-corrected chi connectivity index (χ2v) is 2.98. The zero-order chi connectivity index (χ0) is 12.3. The van der Waals surface area contributed by atoms with Gasteiger partial charge >= 0.3 is 5.97 Å². The average Bonchev–Trinajstić information content (AvgIpc) is 2.26. The predicted octanol–water partition coefficient (Wildman–Crippen LogP) is 0.886.